The van der Waals surface area contributed by atoms with Crippen LogP contribution in [0.5, 0.6) is 0 Å². The number of hydrogen-bond acceptors (Lipinski definition) is 1. The van der Waals surface area contributed by atoms with Gasteiger partial charge in [-0.1, -0.05) is 179 Å². The Morgan fingerprint density at radius 2 is 0.545 bits per heavy atom. The minimum atomic E-state index is -3.40. The Labute approximate surface area is 272 Å². The fourth-order valence-corrected chi connectivity index (χ4v) is 9.87. The van der Waals surface area contributed by atoms with Gasteiger partial charge >= 0.3 is 0 Å². The summed E-state index contributed by atoms with van der Waals surface area (Å²) >= 11 is 0. The summed E-state index contributed by atoms with van der Waals surface area (Å²) in [5, 5.41) is 2.92. The molecular formula is C42H63OP. The molecule has 0 aliphatic carbocycles. The van der Waals surface area contributed by atoms with Crippen LogP contribution in [0, 0.1) is 0 Å². The second-order valence-corrected chi connectivity index (χ2v) is 22.0. The van der Waals surface area contributed by atoms with Crippen LogP contribution in [0.4, 0.5) is 0 Å². The van der Waals surface area contributed by atoms with Crippen molar-refractivity contribution in [1.29, 1.82) is 0 Å². The molecule has 0 saturated carbocycles. The summed E-state index contributed by atoms with van der Waals surface area (Å²) in [6.45, 7) is 40.8. The van der Waals surface area contributed by atoms with Gasteiger partial charge in [-0.15, -0.1) is 0 Å². The number of benzene rings is 3. The van der Waals surface area contributed by atoms with Crippen molar-refractivity contribution in [3.8, 4) is 0 Å². The van der Waals surface area contributed by atoms with Gasteiger partial charge in [-0.3, -0.25) is 0 Å². The van der Waals surface area contributed by atoms with E-state index < -0.39 is 7.14 Å². The van der Waals surface area contributed by atoms with Gasteiger partial charge in [0.25, 0.3) is 0 Å². The predicted octanol–water partition coefficient (Wildman–Crippen LogP) is 11.1. The molecule has 3 aromatic carbocycles. The van der Waals surface area contributed by atoms with Crippen molar-refractivity contribution in [2.24, 2.45) is 0 Å². The summed E-state index contributed by atoms with van der Waals surface area (Å²) in [7, 11) is -3.40. The first kappa shape index (κ1) is 36.4. The Morgan fingerprint density at radius 1 is 0.341 bits per heavy atom. The van der Waals surface area contributed by atoms with E-state index in [1.54, 1.807) is 0 Å². The Balaban J connectivity index is 2.70. The summed E-state index contributed by atoms with van der Waals surface area (Å²) < 4.78 is 16.9. The van der Waals surface area contributed by atoms with Gasteiger partial charge in [0.1, 0.15) is 0 Å². The Morgan fingerprint density at radius 3 is 0.705 bits per heavy atom. The van der Waals surface area contributed by atoms with Crippen molar-refractivity contribution in [2.45, 2.75) is 157 Å². The Bertz CT molecular complexity index is 1370. The average molecular weight is 615 g/mol. The zero-order chi connectivity index (χ0) is 34.1. The van der Waals surface area contributed by atoms with Gasteiger partial charge < -0.3 is 4.57 Å². The quantitative estimate of drug-likeness (QED) is 0.268. The second kappa shape index (κ2) is 11.3. The molecule has 0 atom stereocenters. The van der Waals surface area contributed by atoms with E-state index >= 15 is 4.57 Å². The van der Waals surface area contributed by atoms with Crippen LogP contribution >= 0.6 is 7.14 Å². The third kappa shape index (κ3) is 7.30. The molecule has 0 aromatic heterocycles. The molecule has 0 radical (unpaired) electrons. The van der Waals surface area contributed by atoms with Crippen molar-refractivity contribution in [3.05, 3.63) is 88.0 Å². The first-order valence-corrected chi connectivity index (χ1v) is 18.3. The first-order valence-electron chi connectivity index (χ1n) is 16.6. The summed E-state index contributed by atoms with van der Waals surface area (Å²) in [5.74, 6) is 0. The molecule has 2 heteroatoms. The highest BCUT2D eigenvalue weighted by Gasteiger charge is 2.42. The molecule has 44 heavy (non-hydrogen) atoms. The average Bonchev–Trinajstić information content (AvgIpc) is 2.84. The number of rotatable bonds is 3. The highest BCUT2D eigenvalue weighted by Crippen LogP contribution is 2.51. The van der Waals surface area contributed by atoms with Gasteiger partial charge in [0.2, 0.25) is 0 Å². The van der Waals surface area contributed by atoms with Crippen LogP contribution in [0.15, 0.2) is 54.6 Å². The standard InChI is InChI=1S/C42H63OP/c1-37(2,3)28-19-22-34(31(25-28)40(10,11)12)44(43,35-23-20-29(38(4,5)6)26-32(35)41(13,14)15)36-24-21-30(39(7,8)9)27-33(36)42(16,17)18/h19-27H,1-18H3. The third-order valence-electron chi connectivity index (χ3n) is 9.03. The van der Waals surface area contributed by atoms with E-state index in [2.05, 4.69) is 179 Å². The lowest BCUT2D eigenvalue weighted by molar-refractivity contribution is 0.563. The molecule has 0 bridgehead atoms. The maximum Gasteiger partial charge on any atom is 0.171 e. The Kier molecular flexibility index (Phi) is 9.34. The lowest BCUT2D eigenvalue weighted by atomic mass is 9.80. The van der Waals surface area contributed by atoms with E-state index in [1.165, 1.54) is 33.4 Å². The fraction of sp³-hybridized carbons (Fsp3) is 0.571. The molecule has 1 nitrogen and oxygen atoms in total. The Hall–Kier alpha value is -2.11. The van der Waals surface area contributed by atoms with Crippen LogP contribution < -0.4 is 15.9 Å². The molecule has 242 valence electrons. The van der Waals surface area contributed by atoms with E-state index in [9.17, 15) is 0 Å². The van der Waals surface area contributed by atoms with Crippen LogP contribution in [0.2, 0.25) is 0 Å². The monoisotopic (exact) mass is 614 g/mol. The molecule has 0 heterocycles. The van der Waals surface area contributed by atoms with Crippen LogP contribution in [0.3, 0.4) is 0 Å². The largest absolute Gasteiger partial charge is 0.309 e. The molecule has 0 unspecified atom stereocenters. The molecule has 3 rings (SSSR count). The van der Waals surface area contributed by atoms with Gasteiger partial charge in [0, 0.05) is 15.9 Å². The SMILES string of the molecule is CC(C)(C)c1ccc(P(=O)(c2ccc(C(C)(C)C)cc2C(C)(C)C)c2ccc(C(C)(C)C)cc2C(C)(C)C)c(C(C)(C)C)c1. The van der Waals surface area contributed by atoms with E-state index in [0.29, 0.717) is 0 Å². The zero-order valence-electron chi connectivity index (χ0n) is 31.6. The second-order valence-electron chi connectivity index (χ2n) is 19.3. The molecule has 0 spiro atoms. The van der Waals surface area contributed by atoms with Crippen LogP contribution in [-0.2, 0) is 37.1 Å². The highest BCUT2D eigenvalue weighted by atomic mass is 31.2. The van der Waals surface area contributed by atoms with Gasteiger partial charge in [-0.05, 0) is 65.9 Å². The molecular weight excluding hydrogens is 551 g/mol. The maximum atomic E-state index is 16.9. The smallest absolute Gasteiger partial charge is 0.171 e. The topological polar surface area (TPSA) is 17.1 Å². The lowest BCUT2D eigenvalue weighted by Crippen LogP contribution is -2.38. The van der Waals surface area contributed by atoms with Crippen molar-refractivity contribution in [3.63, 3.8) is 0 Å². The molecule has 0 amide bonds. The number of hydrogen-bond donors (Lipinski definition) is 0. The fourth-order valence-electron chi connectivity index (χ4n) is 6.02. The molecule has 3 aromatic rings. The third-order valence-corrected chi connectivity index (χ3v) is 12.2. The summed E-state index contributed by atoms with van der Waals surface area (Å²) in [6.07, 6.45) is 0. The normalized spacial score (nSPS) is 14.2. The van der Waals surface area contributed by atoms with Gasteiger partial charge in [0.15, 0.2) is 7.14 Å². The molecule has 0 saturated heterocycles. The summed E-state index contributed by atoms with van der Waals surface area (Å²) in [6, 6.07) is 20.4. The lowest BCUT2D eigenvalue weighted by Gasteiger charge is -2.37. The van der Waals surface area contributed by atoms with Crippen LogP contribution in [-0.4, -0.2) is 0 Å². The first-order chi connectivity index (χ1) is 19.5. The minimum absolute atomic E-state index is 0.0155. The van der Waals surface area contributed by atoms with Gasteiger partial charge in [0.05, 0.1) is 0 Å². The van der Waals surface area contributed by atoms with E-state index in [0.717, 1.165) is 15.9 Å². The van der Waals surface area contributed by atoms with E-state index in [-0.39, 0.29) is 32.5 Å². The summed E-state index contributed by atoms with van der Waals surface area (Å²) in [4.78, 5) is 0. The van der Waals surface area contributed by atoms with Gasteiger partial charge in [-0.25, -0.2) is 0 Å². The van der Waals surface area contributed by atoms with Crippen LogP contribution in [0.25, 0.3) is 0 Å². The zero-order valence-corrected chi connectivity index (χ0v) is 32.4. The van der Waals surface area contributed by atoms with Gasteiger partial charge in [-0.2, -0.15) is 0 Å². The van der Waals surface area contributed by atoms with E-state index in [1.807, 2.05) is 0 Å². The molecule has 0 fully saturated rings. The summed E-state index contributed by atoms with van der Waals surface area (Å²) in [5.41, 5.74) is 6.69. The van der Waals surface area contributed by atoms with Crippen molar-refractivity contribution >= 4 is 23.1 Å². The minimum Gasteiger partial charge on any atom is -0.309 e. The van der Waals surface area contributed by atoms with Crippen molar-refractivity contribution < 1.29 is 4.57 Å². The maximum absolute atomic E-state index is 16.9. The van der Waals surface area contributed by atoms with Crippen molar-refractivity contribution in [1.82, 2.24) is 0 Å². The van der Waals surface area contributed by atoms with Crippen LogP contribution in [0.1, 0.15) is 158 Å². The van der Waals surface area contributed by atoms with Crippen molar-refractivity contribution in [2.75, 3.05) is 0 Å². The predicted molar refractivity (Wildman–Crippen MR) is 198 cm³/mol. The highest BCUT2D eigenvalue weighted by molar-refractivity contribution is 7.85. The molecule has 0 N–H and O–H groups in total. The molecule has 0 aliphatic heterocycles. The molecule has 0 aliphatic rings. The van der Waals surface area contributed by atoms with E-state index in [4.69, 9.17) is 0 Å².